The molecule has 0 radical (unpaired) electrons. The second-order valence-corrected chi connectivity index (χ2v) is 7.01. The maximum atomic E-state index is 7.62. The summed E-state index contributed by atoms with van der Waals surface area (Å²) in [7, 11) is 0. The Morgan fingerprint density at radius 1 is 0.351 bits per heavy atom. The summed E-state index contributed by atoms with van der Waals surface area (Å²) in [6.07, 6.45) is 22.2. The number of ether oxygens (including phenoxy) is 1. The maximum Gasteiger partial charge on any atom is 0.0662 e. The standard InChI is InChI=1S/C20H42O.C2H6O2.6C2H4/c1-3-5-7-9-11-13-15-17-19-21-20-18-16-14-12-10-8-6-4-2;3-1-2-4;6*1-2/h3-20H2,1-2H3;3-4H,1-2H2;6*1-2H2. The van der Waals surface area contributed by atoms with Crippen molar-refractivity contribution in [2.45, 2.75) is 117 Å². The summed E-state index contributed by atoms with van der Waals surface area (Å²) >= 11 is 0. The van der Waals surface area contributed by atoms with Gasteiger partial charge in [0.15, 0.2) is 0 Å². The van der Waals surface area contributed by atoms with E-state index in [1.807, 2.05) is 0 Å². The van der Waals surface area contributed by atoms with Gasteiger partial charge in [-0.2, -0.15) is 0 Å². The van der Waals surface area contributed by atoms with Crippen LogP contribution in [-0.2, 0) is 4.74 Å². The predicted molar refractivity (Wildman–Crippen MR) is 178 cm³/mol. The lowest BCUT2D eigenvalue weighted by Gasteiger charge is -2.05. The highest BCUT2D eigenvalue weighted by Crippen LogP contribution is 2.10. The van der Waals surface area contributed by atoms with Crippen LogP contribution in [0.3, 0.4) is 0 Å². The number of hydrogen-bond donors (Lipinski definition) is 2. The molecule has 0 heterocycles. The van der Waals surface area contributed by atoms with E-state index in [0.717, 1.165) is 13.2 Å². The van der Waals surface area contributed by atoms with E-state index in [1.54, 1.807) is 0 Å². The average Bonchev–Trinajstić information content (AvgIpc) is 3.01. The van der Waals surface area contributed by atoms with Gasteiger partial charge in [0.25, 0.3) is 0 Å². The molecule has 0 amide bonds. The minimum atomic E-state index is -0.125. The summed E-state index contributed by atoms with van der Waals surface area (Å²) in [5.41, 5.74) is 0. The summed E-state index contributed by atoms with van der Waals surface area (Å²) in [5, 5.41) is 15.2. The summed E-state index contributed by atoms with van der Waals surface area (Å²) in [6.45, 7) is 42.3. The Morgan fingerprint density at radius 2 is 0.541 bits per heavy atom. The third kappa shape index (κ3) is 120. The van der Waals surface area contributed by atoms with Crippen molar-refractivity contribution in [3.63, 3.8) is 0 Å². The predicted octanol–water partition coefficient (Wildman–Crippen LogP) is 11.1. The molecule has 0 aromatic rings. The van der Waals surface area contributed by atoms with Gasteiger partial charge in [0.05, 0.1) is 13.2 Å². The lowest BCUT2D eigenvalue weighted by molar-refractivity contribution is 0.125. The van der Waals surface area contributed by atoms with Crippen molar-refractivity contribution in [3.8, 4) is 0 Å². The average molecular weight is 529 g/mol. The molecule has 0 rings (SSSR count). The molecule has 0 saturated heterocycles. The van der Waals surface area contributed by atoms with Gasteiger partial charge >= 0.3 is 0 Å². The molecular formula is C34H72O3. The first-order chi connectivity index (χ1) is 18.3. The molecule has 0 saturated carbocycles. The van der Waals surface area contributed by atoms with Gasteiger partial charge < -0.3 is 14.9 Å². The van der Waals surface area contributed by atoms with E-state index in [4.69, 9.17) is 14.9 Å². The highest BCUT2D eigenvalue weighted by Gasteiger charge is 1.94. The first-order valence-electron chi connectivity index (χ1n) is 14.1. The lowest BCUT2D eigenvalue weighted by atomic mass is 10.1. The van der Waals surface area contributed by atoms with Crippen LogP contribution in [0.4, 0.5) is 0 Å². The molecule has 0 fully saturated rings. The van der Waals surface area contributed by atoms with Crippen molar-refractivity contribution < 1.29 is 14.9 Å². The van der Waals surface area contributed by atoms with E-state index in [9.17, 15) is 0 Å². The molecule has 3 heteroatoms. The van der Waals surface area contributed by atoms with E-state index in [-0.39, 0.29) is 13.2 Å². The van der Waals surface area contributed by atoms with E-state index in [0.29, 0.717) is 0 Å². The fraction of sp³-hybridized carbons (Fsp3) is 0.647. The van der Waals surface area contributed by atoms with E-state index >= 15 is 0 Å². The van der Waals surface area contributed by atoms with Gasteiger partial charge in [-0.3, -0.25) is 0 Å². The number of aliphatic hydroxyl groups is 2. The SMILES string of the molecule is C=C.C=C.C=C.C=C.C=C.C=C.CCCCCCCCCCOCCCCCCCCCC.OCCO. The molecule has 0 spiro atoms. The Morgan fingerprint density at radius 3 is 0.730 bits per heavy atom. The topological polar surface area (TPSA) is 49.7 Å². The second kappa shape index (κ2) is 102. The number of aliphatic hydroxyl groups excluding tert-OH is 2. The van der Waals surface area contributed by atoms with Crippen LogP contribution in [0.15, 0.2) is 78.9 Å². The fourth-order valence-corrected chi connectivity index (χ4v) is 2.78. The Balaban J connectivity index is -0.0000000731. The first-order valence-corrected chi connectivity index (χ1v) is 14.1. The Bertz CT molecular complexity index is 236. The molecule has 0 aliphatic heterocycles. The minimum absolute atomic E-state index is 0.125. The largest absolute Gasteiger partial charge is 0.394 e. The summed E-state index contributed by atoms with van der Waals surface area (Å²) in [4.78, 5) is 0. The quantitative estimate of drug-likeness (QED) is 0.129. The summed E-state index contributed by atoms with van der Waals surface area (Å²) in [5.74, 6) is 0. The minimum Gasteiger partial charge on any atom is -0.394 e. The number of rotatable bonds is 19. The highest BCUT2D eigenvalue weighted by atomic mass is 16.5. The third-order valence-corrected chi connectivity index (χ3v) is 4.38. The highest BCUT2D eigenvalue weighted by molar-refractivity contribution is 4.47. The van der Waals surface area contributed by atoms with Crippen LogP contribution >= 0.6 is 0 Å². The van der Waals surface area contributed by atoms with Gasteiger partial charge in [0.1, 0.15) is 0 Å². The van der Waals surface area contributed by atoms with Crippen LogP contribution in [0, 0.1) is 0 Å². The fourth-order valence-electron chi connectivity index (χ4n) is 2.78. The second-order valence-electron chi connectivity index (χ2n) is 7.01. The molecule has 0 aliphatic rings. The molecule has 0 aromatic carbocycles. The molecule has 2 N–H and O–H groups in total. The molecule has 0 unspecified atom stereocenters. The van der Waals surface area contributed by atoms with Crippen LogP contribution in [0.1, 0.15) is 117 Å². The van der Waals surface area contributed by atoms with Gasteiger partial charge in [0, 0.05) is 13.2 Å². The molecule has 226 valence electrons. The van der Waals surface area contributed by atoms with Gasteiger partial charge in [-0.25, -0.2) is 0 Å². The first kappa shape index (κ1) is 55.7. The van der Waals surface area contributed by atoms with Crippen molar-refractivity contribution in [2.75, 3.05) is 26.4 Å². The van der Waals surface area contributed by atoms with Crippen molar-refractivity contribution in [2.24, 2.45) is 0 Å². The zero-order chi connectivity index (χ0) is 30.8. The molecule has 0 aromatic heterocycles. The normalized spacial score (nSPS) is 7.78. The molecular weight excluding hydrogens is 456 g/mol. The zero-order valence-corrected chi connectivity index (χ0v) is 25.9. The molecule has 0 aliphatic carbocycles. The van der Waals surface area contributed by atoms with Crippen LogP contribution in [-0.4, -0.2) is 36.6 Å². The van der Waals surface area contributed by atoms with Crippen LogP contribution in [0.2, 0.25) is 0 Å². The number of hydrogen-bond acceptors (Lipinski definition) is 3. The van der Waals surface area contributed by atoms with Crippen LogP contribution in [0.25, 0.3) is 0 Å². The Kier molecular flexibility index (Phi) is 154. The van der Waals surface area contributed by atoms with Crippen molar-refractivity contribution >= 4 is 0 Å². The Hall–Kier alpha value is -1.68. The molecule has 37 heavy (non-hydrogen) atoms. The maximum absolute atomic E-state index is 7.62. The third-order valence-electron chi connectivity index (χ3n) is 4.38. The van der Waals surface area contributed by atoms with Crippen molar-refractivity contribution in [1.29, 1.82) is 0 Å². The monoisotopic (exact) mass is 529 g/mol. The molecule has 3 nitrogen and oxygen atoms in total. The summed E-state index contributed by atoms with van der Waals surface area (Å²) in [6, 6.07) is 0. The molecule has 0 bridgehead atoms. The van der Waals surface area contributed by atoms with Gasteiger partial charge in [-0.15, -0.1) is 78.9 Å². The Labute approximate surface area is 236 Å². The van der Waals surface area contributed by atoms with E-state index in [1.165, 1.54) is 103 Å². The zero-order valence-electron chi connectivity index (χ0n) is 25.9. The van der Waals surface area contributed by atoms with Gasteiger partial charge in [-0.05, 0) is 12.8 Å². The van der Waals surface area contributed by atoms with Crippen molar-refractivity contribution in [3.05, 3.63) is 78.9 Å². The van der Waals surface area contributed by atoms with E-state index in [2.05, 4.69) is 92.8 Å². The number of unbranched alkanes of at least 4 members (excludes halogenated alkanes) is 14. The summed E-state index contributed by atoms with van der Waals surface area (Å²) < 4.78 is 5.72. The van der Waals surface area contributed by atoms with Crippen LogP contribution < -0.4 is 0 Å². The smallest absolute Gasteiger partial charge is 0.0662 e. The van der Waals surface area contributed by atoms with Gasteiger partial charge in [-0.1, -0.05) is 104 Å². The molecule has 0 atom stereocenters. The van der Waals surface area contributed by atoms with E-state index < -0.39 is 0 Å². The van der Waals surface area contributed by atoms with Gasteiger partial charge in [0.2, 0.25) is 0 Å². The van der Waals surface area contributed by atoms with Crippen LogP contribution in [0.5, 0.6) is 0 Å². The lowest BCUT2D eigenvalue weighted by Crippen LogP contribution is -1.97. The van der Waals surface area contributed by atoms with Crippen molar-refractivity contribution in [1.82, 2.24) is 0 Å².